The molecule has 1 amide bonds. The molecule has 1 unspecified atom stereocenters. The second kappa shape index (κ2) is 11.0. The highest BCUT2D eigenvalue weighted by molar-refractivity contribution is 6.09. The van der Waals surface area contributed by atoms with Crippen LogP contribution >= 0.6 is 0 Å². The Morgan fingerprint density at radius 3 is 2.41 bits per heavy atom. The Hall–Kier alpha value is -3.12. The van der Waals surface area contributed by atoms with E-state index in [9.17, 15) is 14.7 Å². The van der Waals surface area contributed by atoms with Crippen molar-refractivity contribution < 1.29 is 24.2 Å². The number of rotatable bonds is 11. The standard InChI is InChI=1S/C26H31NO5/c1-18(2)32-21-13-11-20(12-14-21)24-23(22(28)15-10-19-8-5-4-6-9-19)25(29)26(30)27(24)16-7-17-31-3/h4-6,8-9,11-14,18,24,29H,7,10,15-17H2,1-3H3. The van der Waals surface area contributed by atoms with Gasteiger partial charge < -0.3 is 19.5 Å². The molecule has 1 heterocycles. The van der Waals surface area contributed by atoms with E-state index < -0.39 is 17.7 Å². The zero-order chi connectivity index (χ0) is 23.1. The molecule has 0 aliphatic carbocycles. The summed E-state index contributed by atoms with van der Waals surface area (Å²) < 4.78 is 10.8. The third kappa shape index (κ3) is 5.56. The van der Waals surface area contributed by atoms with Gasteiger partial charge in [0.05, 0.1) is 17.7 Å². The lowest BCUT2D eigenvalue weighted by Crippen LogP contribution is -2.32. The van der Waals surface area contributed by atoms with Gasteiger partial charge in [0.15, 0.2) is 11.5 Å². The van der Waals surface area contributed by atoms with E-state index >= 15 is 0 Å². The summed E-state index contributed by atoms with van der Waals surface area (Å²) in [4.78, 5) is 27.6. The van der Waals surface area contributed by atoms with E-state index in [1.807, 2.05) is 68.4 Å². The fourth-order valence-electron chi connectivity index (χ4n) is 3.93. The fraction of sp³-hybridized carbons (Fsp3) is 0.385. The predicted octanol–water partition coefficient (Wildman–Crippen LogP) is 4.41. The number of amides is 1. The molecule has 32 heavy (non-hydrogen) atoms. The number of carbonyl (C=O) groups is 2. The fourth-order valence-corrected chi connectivity index (χ4v) is 3.93. The lowest BCUT2D eigenvalue weighted by molar-refractivity contribution is -0.129. The first kappa shape index (κ1) is 23.5. The lowest BCUT2D eigenvalue weighted by Gasteiger charge is -2.27. The van der Waals surface area contributed by atoms with Crippen molar-refractivity contribution in [1.29, 1.82) is 0 Å². The van der Waals surface area contributed by atoms with Crippen molar-refractivity contribution in [3.8, 4) is 5.75 Å². The maximum Gasteiger partial charge on any atom is 0.290 e. The van der Waals surface area contributed by atoms with Gasteiger partial charge in [-0.15, -0.1) is 0 Å². The van der Waals surface area contributed by atoms with E-state index in [0.717, 1.165) is 11.1 Å². The molecule has 2 aromatic carbocycles. The number of carbonyl (C=O) groups excluding carboxylic acids is 2. The highest BCUT2D eigenvalue weighted by atomic mass is 16.5. The van der Waals surface area contributed by atoms with Crippen molar-refractivity contribution >= 4 is 11.7 Å². The molecule has 1 atom stereocenters. The number of aliphatic hydroxyl groups is 1. The molecule has 1 aliphatic rings. The first-order chi connectivity index (χ1) is 15.4. The molecule has 6 nitrogen and oxygen atoms in total. The Morgan fingerprint density at radius 1 is 1.09 bits per heavy atom. The van der Waals surface area contributed by atoms with Gasteiger partial charge in [-0.3, -0.25) is 9.59 Å². The summed E-state index contributed by atoms with van der Waals surface area (Å²) in [5.74, 6) is -0.477. The molecule has 1 N–H and O–H groups in total. The summed E-state index contributed by atoms with van der Waals surface area (Å²) in [6.45, 7) is 4.76. The summed E-state index contributed by atoms with van der Waals surface area (Å²) in [5, 5.41) is 10.7. The predicted molar refractivity (Wildman–Crippen MR) is 123 cm³/mol. The Balaban J connectivity index is 1.87. The van der Waals surface area contributed by atoms with Crippen LogP contribution in [0.15, 0.2) is 65.9 Å². The minimum atomic E-state index is -0.629. The van der Waals surface area contributed by atoms with Crippen LogP contribution in [-0.4, -0.2) is 48.1 Å². The molecule has 0 saturated heterocycles. The largest absolute Gasteiger partial charge is 0.503 e. The van der Waals surface area contributed by atoms with Crippen LogP contribution in [-0.2, 0) is 20.7 Å². The zero-order valence-electron chi connectivity index (χ0n) is 18.9. The maximum absolute atomic E-state index is 13.2. The normalized spacial score (nSPS) is 16.2. The Labute approximate surface area is 189 Å². The van der Waals surface area contributed by atoms with Gasteiger partial charge in [-0.2, -0.15) is 0 Å². The number of ketones is 1. The third-order valence-corrected chi connectivity index (χ3v) is 5.40. The van der Waals surface area contributed by atoms with E-state index in [4.69, 9.17) is 9.47 Å². The molecule has 0 radical (unpaired) electrons. The monoisotopic (exact) mass is 437 g/mol. The molecule has 2 aromatic rings. The van der Waals surface area contributed by atoms with Gasteiger partial charge in [0.2, 0.25) is 0 Å². The van der Waals surface area contributed by atoms with Crippen LogP contribution < -0.4 is 4.74 Å². The van der Waals surface area contributed by atoms with Crippen molar-refractivity contribution in [2.45, 2.75) is 45.3 Å². The molecule has 0 spiro atoms. The second-order valence-corrected chi connectivity index (χ2v) is 8.15. The van der Waals surface area contributed by atoms with E-state index in [1.165, 1.54) is 0 Å². The molecular weight excluding hydrogens is 406 g/mol. The molecule has 0 saturated carbocycles. The minimum Gasteiger partial charge on any atom is -0.503 e. The number of aryl methyl sites for hydroxylation is 1. The summed E-state index contributed by atoms with van der Waals surface area (Å²) in [6.07, 6.45) is 1.40. The van der Waals surface area contributed by atoms with E-state index in [2.05, 4.69) is 0 Å². The van der Waals surface area contributed by atoms with Crippen molar-refractivity contribution in [1.82, 2.24) is 4.90 Å². The minimum absolute atomic E-state index is 0.0403. The maximum atomic E-state index is 13.2. The van der Waals surface area contributed by atoms with Crippen LogP contribution in [0.5, 0.6) is 5.75 Å². The average molecular weight is 438 g/mol. The van der Waals surface area contributed by atoms with Crippen LogP contribution in [0.1, 0.15) is 43.9 Å². The van der Waals surface area contributed by atoms with Gasteiger partial charge >= 0.3 is 0 Å². The van der Waals surface area contributed by atoms with Crippen LogP contribution in [0.3, 0.4) is 0 Å². The average Bonchev–Trinajstić information content (AvgIpc) is 3.03. The number of hydrogen-bond donors (Lipinski definition) is 1. The van der Waals surface area contributed by atoms with Crippen LogP contribution in [0.4, 0.5) is 0 Å². The van der Waals surface area contributed by atoms with E-state index in [-0.39, 0.29) is 23.9 Å². The first-order valence-electron chi connectivity index (χ1n) is 11.0. The van der Waals surface area contributed by atoms with Crippen LogP contribution in [0, 0.1) is 0 Å². The number of Topliss-reactive ketones (excluding diaryl/α,β-unsaturated/α-hetero) is 1. The summed E-state index contributed by atoms with van der Waals surface area (Å²) in [5.41, 5.74) is 1.97. The zero-order valence-corrected chi connectivity index (χ0v) is 18.9. The smallest absolute Gasteiger partial charge is 0.290 e. The van der Waals surface area contributed by atoms with Gasteiger partial charge in [0.25, 0.3) is 5.91 Å². The van der Waals surface area contributed by atoms with Crippen LogP contribution in [0.25, 0.3) is 0 Å². The van der Waals surface area contributed by atoms with Gasteiger partial charge in [-0.1, -0.05) is 42.5 Å². The molecule has 0 aromatic heterocycles. The van der Waals surface area contributed by atoms with Gasteiger partial charge in [-0.05, 0) is 49.9 Å². The summed E-state index contributed by atoms with van der Waals surface area (Å²) in [6, 6.07) is 16.4. The SMILES string of the molecule is COCCCN1C(=O)C(O)=C(C(=O)CCc2ccccc2)C1c1ccc(OC(C)C)cc1. The van der Waals surface area contributed by atoms with Gasteiger partial charge in [0.1, 0.15) is 5.75 Å². The van der Waals surface area contributed by atoms with Crippen molar-refractivity contribution in [2.24, 2.45) is 0 Å². The number of benzene rings is 2. The first-order valence-corrected chi connectivity index (χ1v) is 11.0. The highest BCUT2D eigenvalue weighted by Gasteiger charge is 2.42. The van der Waals surface area contributed by atoms with Crippen LogP contribution in [0.2, 0.25) is 0 Å². The molecule has 3 rings (SSSR count). The Bertz CT molecular complexity index is 950. The molecule has 0 bridgehead atoms. The van der Waals surface area contributed by atoms with Gasteiger partial charge in [-0.25, -0.2) is 0 Å². The van der Waals surface area contributed by atoms with Gasteiger partial charge in [0, 0.05) is 26.7 Å². The molecule has 170 valence electrons. The Kier molecular flexibility index (Phi) is 8.06. The molecule has 0 fully saturated rings. The number of aliphatic hydroxyl groups excluding tert-OH is 1. The number of methoxy groups -OCH3 is 1. The summed E-state index contributed by atoms with van der Waals surface area (Å²) in [7, 11) is 1.60. The number of ether oxygens (including phenoxy) is 2. The topological polar surface area (TPSA) is 76.1 Å². The third-order valence-electron chi connectivity index (χ3n) is 5.40. The number of nitrogens with zero attached hydrogens (tertiary/aromatic N) is 1. The summed E-state index contributed by atoms with van der Waals surface area (Å²) >= 11 is 0. The van der Waals surface area contributed by atoms with Crippen molar-refractivity contribution in [3.05, 3.63) is 77.1 Å². The lowest BCUT2D eigenvalue weighted by atomic mass is 9.93. The van der Waals surface area contributed by atoms with Crippen molar-refractivity contribution in [2.75, 3.05) is 20.3 Å². The molecular formula is C26H31NO5. The molecule has 1 aliphatic heterocycles. The highest BCUT2D eigenvalue weighted by Crippen LogP contribution is 2.39. The Morgan fingerprint density at radius 2 is 1.78 bits per heavy atom. The molecule has 6 heteroatoms. The quantitative estimate of drug-likeness (QED) is 0.527. The van der Waals surface area contributed by atoms with E-state index in [0.29, 0.717) is 31.7 Å². The van der Waals surface area contributed by atoms with Crippen molar-refractivity contribution in [3.63, 3.8) is 0 Å². The second-order valence-electron chi connectivity index (χ2n) is 8.15. The van der Waals surface area contributed by atoms with E-state index in [1.54, 1.807) is 12.0 Å². The number of hydrogen-bond acceptors (Lipinski definition) is 5.